The van der Waals surface area contributed by atoms with E-state index in [1.807, 2.05) is 12.3 Å². The van der Waals surface area contributed by atoms with Crippen LogP contribution in [0.5, 0.6) is 0 Å². The zero-order valence-corrected chi connectivity index (χ0v) is 16.4. The fraction of sp³-hybridized carbons (Fsp3) is 0.333. The zero-order valence-electron chi connectivity index (χ0n) is 14.8. The lowest BCUT2D eigenvalue weighted by Gasteiger charge is -2.31. The van der Waals surface area contributed by atoms with Crippen LogP contribution in [0.2, 0.25) is 0 Å². The first-order chi connectivity index (χ1) is 12.8. The van der Waals surface area contributed by atoms with E-state index in [1.54, 1.807) is 11.0 Å². The quantitative estimate of drug-likeness (QED) is 0.770. The Kier molecular flexibility index (Phi) is 6.03. The highest BCUT2D eigenvalue weighted by Crippen LogP contribution is 2.16. The Hall–Kier alpha value is -2.10. The standard InChI is InChI=1S/C18H20FN3O3S2/c1-13-20-16(12-26-13)4-7-18(23)22-10-8-15(9-11-22)21-27(24,25)17-5-2-14(19)3-6-17/h2-7,12,15,21H,8-11H2,1H3/b7-4+. The number of carbonyl (C=O) groups is 1. The molecule has 144 valence electrons. The summed E-state index contributed by atoms with van der Waals surface area (Å²) in [6, 6.07) is 4.45. The van der Waals surface area contributed by atoms with Crippen LogP contribution < -0.4 is 4.72 Å². The first-order valence-electron chi connectivity index (χ1n) is 8.50. The molecule has 1 fully saturated rings. The molecule has 2 aromatic rings. The summed E-state index contributed by atoms with van der Waals surface area (Å²) in [6.07, 6.45) is 4.23. The van der Waals surface area contributed by atoms with Crippen molar-refractivity contribution < 1.29 is 17.6 Å². The van der Waals surface area contributed by atoms with Gasteiger partial charge in [0.1, 0.15) is 5.82 Å². The number of aryl methyl sites for hydroxylation is 1. The van der Waals surface area contributed by atoms with Crippen LogP contribution in [0.15, 0.2) is 40.6 Å². The summed E-state index contributed by atoms with van der Waals surface area (Å²) in [5.74, 6) is -0.595. The summed E-state index contributed by atoms with van der Waals surface area (Å²) in [5.41, 5.74) is 0.757. The highest BCUT2D eigenvalue weighted by atomic mass is 32.2. The number of thiazole rings is 1. The Morgan fingerprint density at radius 2 is 1.96 bits per heavy atom. The molecule has 0 atom stereocenters. The van der Waals surface area contributed by atoms with Gasteiger partial charge in [-0.3, -0.25) is 4.79 Å². The lowest BCUT2D eigenvalue weighted by Crippen LogP contribution is -2.46. The summed E-state index contributed by atoms with van der Waals surface area (Å²) in [6.45, 7) is 2.84. The molecule has 27 heavy (non-hydrogen) atoms. The highest BCUT2D eigenvalue weighted by Gasteiger charge is 2.26. The number of nitrogens with zero attached hydrogens (tertiary/aromatic N) is 2. The van der Waals surface area contributed by atoms with E-state index in [4.69, 9.17) is 0 Å². The smallest absolute Gasteiger partial charge is 0.246 e. The molecule has 1 aliphatic heterocycles. The van der Waals surface area contributed by atoms with Crippen molar-refractivity contribution in [2.75, 3.05) is 13.1 Å². The SMILES string of the molecule is Cc1nc(/C=C/C(=O)N2CCC(NS(=O)(=O)c3ccc(F)cc3)CC2)cs1. The predicted molar refractivity (Wildman–Crippen MR) is 102 cm³/mol. The van der Waals surface area contributed by atoms with Gasteiger partial charge in [-0.2, -0.15) is 0 Å². The molecule has 0 spiro atoms. The van der Waals surface area contributed by atoms with Crippen LogP contribution in [0, 0.1) is 12.7 Å². The monoisotopic (exact) mass is 409 g/mol. The van der Waals surface area contributed by atoms with Crippen LogP contribution in [-0.4, -0.2) is 43.3 Å². The van der Waals surface area contributed by atoms with Crippen molar-refractivity contribution in [3.05, 3.63) is 52.2 Å². The fourth-order valence-electron chi connectivity index (χ4n) is 2.84. The van der Waals surface area contributed by atoms with Gasteiger partial charge >= 0.3 is 0 Å². The number of piperidine rings is 1. The first kappa shape index (κ1) is 19.7. The number of hydrogen-bond acceptors (Lipinski definition) is 5. The average molecular weight is 410 g/mol. The number of likely N-dealkylation sites (tertiary alicyclic amines) is 1. The van der Waals surface area contributed by atoms with Crippen molar-refractivity contribution in [1.82, 2.24) is 14.6 Å². The number of benzene rings is 1. The molecule has 0 bridgehead atoms. The van der Waals surface area contributed by atoms with Crippen molar-refractivity contribution in [3.63, 3.8) is 0 Å². The van der Waals surface area contributed by atoms with Crippen molar-refractivity contribution in [2.24, 2.45) is 0 Å². The van der Waals surface area contributed by atoms with Crippen LogP contribution in [0.3, 0.4) is 0 Å². The number of nitrogens with one attached hydrogen (secondary N) is 1. The second-order valence-electron chi connectivity index (χ2n) is 6.30. The predicted octanol–water partition coefficient (Wildman–Crippen LogP) is 2.57. The summed E-state index contributed by atoms with van der Waals surface area (Å²) >= 11 is 1.52. The summed E-state index contributed by atoms with van der Waals surface area (Å²) < 4.78 is 40.3. The molecule has 2 heterocycles. The molecule has 0 saturated carbocycles. The molecule has 1 aromatic carbocycles. The second-order valence-corrected chi connectivity index (χ2v) is 9.08. The van der Waals surface area contributed by atoms with Gasteiger partial charge in [-0.05, 0) is 50.1 Å². The molecule has 9 heteroatoms. The zero-order chi connectivity index (χ0) is 19.4. The average Bonchev–Trinajstić information content (AvgIpc) is 3.06. The summed E-state index contributed by atoms with van der Waals surface area (Å²) in [5, 5.41) is 2.83. The molecule has 6 nitrogen and oxygen atoms in total. The van der Waals surface area contributed by atoms with E-state index < -0.39 is 15.8 Å². The minimum atomic E-state index is -3.70. The van der Waals surface area contributed by atoms with Crippen molar-refractivity contribution >= 4 is 33.3 Å². The van der Waals surface area contributed by atoms with E-state index in [0.717, 1.165) is 22.8 Å². The Bertz CT molecular complexity index is 931. The van der Waals surface area contributed by atoms with Crippen LogP contribution >= 0.6 is 11.3 Å². The maximum atomic E-state index is 13.0. The van der Waals surface area contributed by atoms with E-state index in [9.17, 15) is 17.6 Å². The number of halogens is 1. The van der Waals surface area contributed by atoms with Gasteiger partial charge in [0.15, 0.2) is 0 Å². The molecule has 1 amide bonds. The minimum Gasteiger partial charge on any atom is -0.339 e. The first-order valence-corrected chi connectivity index (χ1v) is 10.9. The molecule has 0 aliphatic carbocycles. The minimum absolute atomic E-state index is 0.0314. The molecule has 1 aliphatic rings. The Morgan fingerprint density at radius 3 is 2.56 bits per heavy atom. The van der Waals surface area contributed by atoms with Crippen LogP contribution in [-0.2, 0) is 14.8 Å². The number of amides is 1. The van der Waals surface area contributed by atoms with E-state index in [2.05, 4.69) is 9.71 Å². The van der Waals surface area contributed by atoms with Gasteiger partial charge in [0, 0.05) is 30.6 Å². The molecule has 1 aromatic heterocycles. The fourth-order valence-corrected chi connectivity index (χ4v) is 4.72. The van der Waals surface area contributed by atoms with Crippen LogP contribution in [0.25, 0.3) is 6.08 Å². The second kappa shape index (κ2) is 8.28. The van der Waals surface area contributed by atoms with Gasteiger partial charge in [0.05, 0.1) is 15.6 Å². The normalized spacial score (nSPS) is 16.1. The number of aromatic nitrogens is 1. The molecule has 1 saturated heterocycles. The van der Waals surface area contributed by atoms with E-state index >= 15 is 0 Å². The highest BCUT2D eigenvalue weighted by molar-refractivity contribution is 7.89. The van der Waals surface area contributed by atoms with Crippen LogP contribution in [0.4, 0.5) is 4.39 Å². The number of hydrogen-bond donors (Lipinski definition) is 1. The number of sulfonamides is 1. The van der Waals surface area contributed by atoms with Gasteiger partial charge in [-0.15, -0.1) is 11.3 Å². The third kappa shape index (κ3) is 5.21. The summed E-state index contributed by atoms with van der Waals surface area (Å²) in [4.78, 5) is 18.3. The van der Waals surface area contributed by atoms with Crippen molar-refractivity contribution in [3.8, 4) is 0 Å². The van der Waals surface area contributed by atoms with Gasteiger partial charge < -0.3 is 4.90 Å². The topological polar surface area (TPSA) is 79.4 Å². The third-order valence-electron chi connectivity index (χ3n) is 4.29. The van der Waals surface area contributed by atoms with Crippen molar-refractivity contribution in [2.45, 2.75) is 30.7 Å². The van der Waals surface area contributed by atoms with Gasteiger partial charge in [-0.25, -0.2) is 22.5 Å². The summed E-state index contributed by atoms with van der Waals surface area (Å²) in [7, 11) is -3.70. The maximum Gasteiger partial charge on any atom is 0.246 e. The molecule has 3 rings (SSSR count). The van der Waals surface area contributed by atoms with E-state index in [1.165, 1.54) is 29.5 Å². The van der Waals surface area contributed by atoms with Crippen molar-refractivity contribution in [1.29, 1.82) is 0 Å². The van der Waals surface area contributed by atoms with Crippen LogP contribution in [0.1, 0.15) is 23.5 Å². The van der Waals surface area contributed by atoms with Gasteiger partial charge in [0.25, 0.3) is 0 Å². The number of rotatable bonds is 5. The molecule has 1 N–H and O–H groups in total. The molecular formula is C18H20FN3O3S2. The Morgan fingerprint density at radius 1 is 1.30 bits per heavy atom. The lowest BCUT2D eigenvalue weighted by atomic mass is 10.1. The van der Waals surface area contributed by atoms with E-state index in [-0.39, 0.29) is 16.8 Å². The molecular weight excluding hydrogens is 389 g/mol. The number of carbonyl (C=O) groups excluding carboxylic acids is 1. The van der Waals surface area contributed by atoms with Gasteiger partial charge in [-0.1, -0.05) is 0 Å². The Labute approximate surface area is 161 Å². The van der Waals surface area contributed by atoms with E-state index in [0.29, 0.717) is 25.9 Å². The third-order valence-corrected chi connectivity index (χ3v) is 6.61. The Balaban J connectivity index is 1.53. The van der Waals surface area contributed by atoms with Gasteiger partial charge in [0.2, 0.25) is 15.9 Å². The largest absolute Gasteiger partial charge is 0.339 e. The maximum absolute atomic E-state index is 13.0. The molecule has 0 unspecified atom stereocenters. The lowest BCUT2D eigenvalue weighted by molar-refractivity contribution is -0.126. The molecule has 0 radical (unpaired) electrons.